The molecule has 2 heterocycles. The maximum Gasteiger partial charge on any atom is 0.472 e. The van der Waals surface area contributed by atoms with Crippen LogP contribution in [0.4, 0.5) is 0 Å². The van der Waals surface area contributed by atoms with Gasteiger partial charge >= 0.3 is 31.7 Å². The molecule has 1 aliphatic carbocycles. The standard InChI is InChI=1S/C91H171O25P/c1-5-9-13-17-21-25-29-33-35-37-41-43-47-51-55-59-63-74(93)107-68-71(110-76(95)65-61-57-53-49-45-39-31-27-23-19-15-11-7-3)69-109-117(105,106)116-89-87(114-90-84(103)80(99)78(97)72(67-92)111-90)83(102)82(101)86(113-77(96)66-62-58-54-50-46-40-32-28-24-20-16-12-8-4)88(89)115-91-85(104)81(100)79(98)73(112-91)70-108-75(94)64-60-56-52-48-44-42-38-36-34-30-26-22-18-14-10-6-2/h71-73,78-92,97-104H,5-70H2,1-4H3,(H,105,106). The molecule has 25 nitrogen and oxygen atoms in total. The maximum atomic E-state index is 14.9. The number of carbonyl (C=O) groups is 4. The number of hydrogen-bond acceptors (Lipinski definition) is 24. The van der Waals surface area contributed by atoms with Crippen molar-refractivity contribution in [3.8, 4) is 0 Å². The summed E-state index contributed by atoms with van der Waals surface area (Å²) in [5.74, 6) is -2.94. The van der Waals surface area contributed by atoms with E-state index in [4.69, 9.17) is 46.9 Å². The first-order valence-corrected chi connectivity index (χ1v) is 49.3. The highest BCUT2D eigenvalue weighted by atomic mass is 31.2. The van der Waals surface area contributed by atoms with Crippen LogP contribution in [-0.4, -0.2) is 205 Å². The van der Waals surface area contributed by atoms with Gasteiger partial charge in [-0.1, -0.05) is 374 Å². The summed E-state index contributed by atoms with van der Waals surface area (Å²) < 4.78 is 73.5. The van der Waals surface area contributed by atoms with Crippen molar-refractivity contribution >= 4 is 31.7 Å². The SMILES string of the molecule is CCCCCCCCCCCCCCCCCCC(=O)OCC(COP(=O)(O)OC1C(OC2OC(CO)C(O)C(O)C2O)C(O)C(O)C(OC(=O)CCCCCCCCCCCCCCC)C1OC1OC(COC(=O)CCCCCCCCCCCCCCCCCC)C(O)C(O)C1O)OC(=O)CCCCCCCCCCCCCCC. The van der Waals surface area contributed by atoms with Crippen LogP contribution < -0.4 is 0 Å². The van der Waals surface area contributed by atoms with Crippen LogP contribution in [0, 0.1) is 0 Å². The molecule has 0 aromatic rings. The second-order valence-corrected chi connectivity index (χ2v) is 35.7. The van der Waals surface area contributed by atoms with Gasteiger partial charge in [-0.25, -0.2) is 4.57 Å². The number of aliphatic hydroxyl groups is 9. The van der Waals surface area contributed by atoms with Crippen LogP contribution in [0.1, 0.15) is 426 Å². The average molecular weight is 1700 g/mol. The molecule has 117 heavy (non-hydrogen) atoms. The number of hydrogen-bond donors (Lipinski definition) is 10. The number of aliphatic hydroxyl groups excluding tert-OH is 9. The van der Waals surface area contributed by atoms with Gasteiger partial charge in [0.05, 0.1) is 13.2 Å². The third-order valence-electron chi connectivity index (χ3n) is 23.6. The molecule has 1 saturated carbocycles. The van der Waals surface area contributed by atoms with E-state index in [-0.39, 0.29) is 25.7 Å². The van der Waals surface area contributed by atoms with Gasteiger partial charge in [-0.2, -0.15) is 0 Å². The minimum absolute atomic E-state index is 0.0204. The largest absolute Gasteiger partial charge is 0.472 e. The number of unbranched alkanes of at least 4 members (excludes halogenated alkanes) is 54. The third-order valence-corrected chi connectivity index (χ3v) is 24.6. The molecule has 0 aromatic heterocycles. The lowest BCUT2D eigenvalue weighted by molar-refractivity contribution is -0.360. The zero-order valence-corrected chi connectivity index (χ0v) is 74.4. The Labute approximate surface area is 706 Å². The lowest BCUT2D eigenvalue weighted by atomic mass is 9.84. The summed E-state index contributed by atoms with van der Waals surface area (Å²) in [7, 11) is -5.80. The predicted molar refractivity (Wildman–Crippen MR) is 453 cm³/mol. The summed E-state index contributed by atoms with van der Waals surface area (Å²) in [6.45, 7) is 5.63. The van der Waals surface area contributed by atoms with Crippen molar-refractivity contribution < 1.29 is 122 Å². The second kappa shape index (κ2) is 70.7. The second-order valence-electron chi connectivity index (χ2n) is 34.3. The number of phosphoric acid groups is 1. The number of esters is 4. The molecule has 10 N–H and O–H groups in total. The number of phosphoric ester groups is 1. The molecule has 0 amide bonds. The lowest BCUT2D eigenvalue weighted by Crippen LogP contribution is -2.70. The maximum absolute atomic E-state index is 14.9. The third kappa shape index (κ3) is 50.9. The van der Waals surface area contributed by atoms with Crippen LogP contribution in [0.3, 0.4) is 0 Å². The van der Waals surface area contributed by atoms with E-state index in [0.717, 1.165) is 128 Å². The first kappa shape index (κ1) is 109. The van der Waals surface area contributed by atoms with Crippen molar-refractivity contribution in [2.75, 3.05) is 26.4 Å². The van der Waals surface area contributed by atoms with Crippen LogP contribution in [0.2, 0.25) is 0 Å². The quantitative estimate of drug-likeness (QED) is 0.0117. The monoisotopic (exact) mass is 1700 g/mol. The first-order chi connectivity index (χ1) is 56.7. The van der Waals surface area contributed by atoms with Gasteiger partial charge in [0.25, 0.3) is 0 Å². The Hall–Kier alpha value is -2.53. The summed E-state index contributed by atoms with van der Waals surface area (Å²) in [5, 5.41) is 102. The molecule has 3 aliphatic rings. The molecule has 3 fully saturated rings. The molecule has 0 aromatic carbocycles. The fourth-order valence-corrected chi connectivity index (χ4v) is 17.0. The number of rotatable bonds is 78. The van der Waals surface area contributed by atoms with Crippen molar-refractivity contribution in [3.63, 3.8) is 0 Å². The summed E-state index contributed by atoms with van der Waals surface area (Å²) in [6, 6.07) is 0. The van der Waals surface area contributed by atoms with Gasteiger partial charge in [-0.3, -0.25) is 28.2 Å². The molecular weight excluding hydrogens is 1520 g/mol. The van der Waals surface area contributed by atoms with Gasteiger partial charge in [0.1, 0.15) is 92.6 Å². The van der Waals surface area contributed by atoms with Crippen LogP contribution >= 0.6 is 7.82 Å². The van der Waals surface area contributed by atoms with Gasteiger partial charge in [-0.05, 0) is 25.7 Å². The molecule has 690 valence electrons. The van der Waals surface area contributed by atoms with Crippen molar-refractivity contribution in [1.82, 2.24) is 0 Å². The summed E-state index contributed by atoms with van der Waals surface area (Å²) in [6.07, 6.45) is 28.0. The molecule has 26 heteroatoms. The smallest absolute Gasteiger partial charge is 0.463 e. The molecule has 0 spiro atoms. The minimum Gasteiger partial charge on any atom is -0.463 e. The van der Waals surface area contributed by atoms with Crippen LogP contribution in [-0.2, 0) is 70.7 Å². The van der Waals surface area contributed by atoms with E-state index in [1.807, 2.05) is 0 Å². The van der Waals surface area contributed by atoms with E-state index in [2.05, 4.69) is 27.7 Å². The van der Waals surface area contributed by atoms with Crippen LogP contribution in [0.25, 0.3) is 0 Å². The highest BCUT2D eigenvalue weighted by molar-refractivity contribution is 7.47. The predicted octanol–water partition coefficient (Wildman–Crippen LogP) is 17.8. The Morgan fingerprint density at radius 1 is 0.308 bits per heavy atom. The molecule has 18 atom stereocenters. The Balaban J connectivity index is 1.90. The zero-order valence-electron chi connectivity index (χ0n) is 73.5. The summed E-state index contributed by atoms with van der Waals surface area (Å²) in [5.41, 5.74) is 0. The molecule has 0 bridgehead atoms. The van der Waals surface area contributed by atoms with E-state index in [1.54, 1.807) is 0 Å². The molecular formula is C91H171O25P. The molecule has 2 saturated heterocycles. The number of carbonyl (C=O) groups excluding carboxylic acids is 4. The fraction of sp³-hybridized carbons (Fsp3) is 0.956. The van der Waals surface area contributed by atoms with E-state index in [1.165, 1.54) is 212 Å². The average Bonchev–Trinajstić information content (AvgIpc) is 0.754. The first-order valence-electron chi connectivity index (χ1n) is 47.8. The Kier molecular flexibility index (Phi) is 65.7. The molecule has 2 aliphatic heterocycles. The van der Waals surface area contributed by atoms with E-state index in [0.29, 0.717) is 32.1 Å². The van der Waals surface area contributed by atoms with E-state index >= 15 is 0 Å². The summed E-state index contributed by atoms with van der Waals surface area (Å²) in [4.78, 5) is 66.5. The Morgan fingerprint density at radius 3 is 0.932 bits per heavy atom. The van der Waals surface area contributed by atoms with Crippen molar-refractivity contribution in [3.05, 3.63) is 0 Å². The topological polar surface area (TPSA) is 380 Å². The summed E-state index contributed by atoms with van der Waals surface area (Å²) >= 11 is 0. The van der Waals surface area contributed by atoms with Gasteiger partial charge in [-0.15, -0.1) is 0 Å². The highest BCUT2D eigenvalue weighted by Gasteiger charge is 2.60. The minimum atomic E-state index is -5.80. The normalized spacial score (nSPS) is 25.0. The van der Waals surface area contributed by atoms with Gasteiger partial charge in [0, 0.05) is 25.7 Å². The van der Waals surface area contributed by atoms with Gasteiger partial charge < -0.3 is 88.7 Å². The zero-order chi connectivity index (χ0) is 85.4. The Morgan fingerprint density at radius 2 is 0.590 bits per heavy atom. The fourth-order valence-electron chi connectivity index (χ4n) is 16.0. The Bertz CT molecular complexity index is 2430. The lowest BCUT2D eigenvalue weighted by Gasteiger charge is -2.50. The van der Waals surface area contributed by atoms with Crippen LogP contribution in [0.15, 0.2) is 0 Å². The molecule has 0 radical (unpaired) electrons. The van der Waals surface area contributed by atoms with Gasteiger partial charge in [0.2, 0.25) is 0 Å². The number of ether oxygens (including phenoxy) is 8. The van der Waals surface area contributed by atoms with Crippen LogP contribution in [0.5, 0.6) is 0 Å². The van der Waals surface area contributed by atoms with E-state index < -0.39 is 162 Å². The van der Waals surface area contributed by atoms with Crippen molar-refractivity contribution in [2.45, 2.75) is 530 Å². The molecule has 18 unspecified atom stereocenters. The highest BCUT2D eigenvalue weighted by Crippen LogP contribution is 2.49. The van der Waals surface area contributed by atoms with Crippen molar-refractivity contribution in [2.24, 2.45) is 0 Å². The van der Waals surface area contributed by atoms with E-state index in [9.17, 15) is 74.6 Å². The molecule has 3 rings (SSSR count). The van der Waals surface area contributed by atoms with Crippen molar-refractivity contribution in [1.29, 1.82) is 0 Å². The van der Waals surface area contributed by atoms with Gasteiger partial charge in [0.15, 0.2) is 24.8 Å².